The Morgan fingerprint density at radius 1 is 1.11 bits per heavy atom. The van der Waals surface area contributed by atoms with Crippen molar-refractivity contribution < 1.29 is 9.62 Å². The summed E-state index contributed by atoms with van der Waals surface area (Å²) < 4.78 is 6.96. The molecule has 2 aromatic carbocycles. The van der Waals surface area contributed by atoms with Crippen LogP contribution in [0.1, 0.15) is 47.8 Å². The number of nitrogens with zero attached hydrogens (tertiary/aromatic N) is 1. The van der Waals surface area contributed by atoms with E-state index >= 15 is 0 Å². The van der Waals surface area contributed by atoms with Crippen LogP contribution in [0, 0.1) is 26.7 Å². The van der Waals surface area contributed by atoms with Crippen LogP contribution in [0.2, 0.25) is 0 Å². The van der Waals surface area contributed by atoms with Crippen molar-refractivity contribution in [1.29, 1.82) is 0 Å². The Labute approximate surface area is 168 Å². The Morgan fingerprint density at radius 3 is 2.41 bits per heavy atom. The lowest BCUT2D eigenvalue weighted by Crippen LogP contribution is -2.43. The molecule has 0 unspecified atom stereocenters. The molecule has 1 heterocycles. The minimum atomic E-state index is 0.109. The van der Waals surface area contributed by atoms with Gasteiger partial charge in [-0.15, -0.1) is 0 Å². The SMILES string of the molecule is Cc1cc(C)c(C2(C)CC(C(=NO)c3cc4cc(Br)ccc4o3)C2)c(C)c1. The van der Waals surface area contributed by atoms with E-state index in [9.17, 15) is 5.21 Å². The van der Waals surface area contributed by atoms with Crippen molar-refractivity contribution in [2.75, 3.05) is 0 Å². The van der Waals surface area contributed by atoms with Crippen molar-refractivity contribution in [2.45, 2.75) is 46.0 Å². The maximum Gasteiger partial charge on any atom is 0.153 e. The summed E-state index contributed by atoms with van der Waals surface area (Å²) in [6.45, 7) is 8.86. The molecule has 0 saturated heterocycles. The van der Waals surface area contributed by atoms with Gasteiger partial charge in [-0.25, -0.2) is 0 Å². The molecule has 140 valence electrons. The monoisotopic (exact) mass is 425 g/mol. The highest BCUT2D eigenvalue weighted by Crippen LogP contribution is 2.51. The van der Waals surface area contributed by atoms with Crippen LogP contribution in [-0.2, 0) is 5.41 Å². The van der Waals surface area contributed by atoms with E-state index in [4.69, 9.17) is 4.42 Å². The fraction of sp³-hybridized carbons (Fsp3) is 0.348. The van der Waals surface area contributed by atoms with Crippen molar-refractivity contribution >= 4 is 32.6 Å². The minimum absolute atomic E-state index is 0.109. The van der Waals surface area contributed by atoms with E-state index in [0.29, 0.717) is 11.5 Å². The van der Waals surface area contributed by atoms with E-state index in [1.165, 1.54) is 22.3 Å². The van der Waals surface area contributed by atoms with Gasteiger partial charge in [-0.1, -0.05) is 45.7 Å². The minimum Gasteiger partial charge on any atom is -0.455 e. The number of hydrogen-bond acceptors (Lipinski definition) is 3. The number of furan rings is 1. The van der Waals surface area contributed by atoms with Gasteiger partial charge in [0, 0.05) is 15.8 Å². The third-order valence-electron chi connectivity index (χ3n) is 5.90. The fourth-order valence-electron chi connectivity index (χ4n) is 5.03. The molecular weight excluding hydrogens is 402 g/mol. The van der Waals surface area contributed by atoms with Crippen LogP contribution in [0.4, 0.5) is 0 Å². The smallest absolute Gasteiger partial charge is 0.153 e. The fourth-order valence-corrected chi connectivity index (χ4v) is 5.41. The quantitative estimate of drug-likeness (QED) is 0.289. The Morgan fingerprint density at radius 2 is 1.78 bits per heavy atom. The molecule has 27 heavy (non-hydrogen) atoms. The molecular formula is C23H24BrNO2. The standard InChI is InChI=1S/C23H24BrNO2/c1-13-7-14(2)21(15(3)8-13)23(4)11-17(12-23)22(25-26)20-10-16-9-18(24)5-6-19(16)27-20/h5-10,17,26H,11-12H2,1-4H3. The van der Waals surface area contributed by atoms with Gasteiger partial charge in [-0.2, -0.15) is 0 Å². The van der Waals surface area contributed by atoms with Gasteiger partial charge in [0.25, 0.3) is 0 Å². The molecule has 0 amide bonds. The summed E-state index contributed by atoms with van der Waals surface area (Å²) in [5.41, 5.74) is 7.02. The van der Waals surface area contributed by atoms with Crippen LogP contribution in [0.5, 0.6) is 0 Å². The Balaban J connectivity index is 1.62. The highest BCUT2D eigenvalue weighted by molar-refractivity contribution is 9.10. The molecule has 3 nitrogen and oxygen atoms in total. The summed E-state index contributed by atoms with van der Waals surface area (Å²) in [7, 11) is 0. The number of halogens is 1. The molecule has 0 aliphatic heterocycles. The van der Waals surface area contributed by atoms with Crippen LogP contribution < -0.4 is 0 Å². The third kappa shape index (κ3) is 3.10. The van der Waals surface area contributed by atoms with Crippen molar-refractivity contribution in [3.05, 3.63) is 68.9 Å². The van der Waals surface area contributed by atoms with Crippen LogP contribution in [0.15, 0.2) is 50.4 Å². The lowest BCUT2D eigenvalue weighted by Gasteiger charge is -2.47. The van der Waals surface area contributed by atoms with Gasteiger partial charge >= 0.3 is 0 Å². The number of fused-ring (bicyclic) bond motifs is 1. The van der Waals surface area contributed by atoms with E-state index in [1.807, 2.05) is 24.3 Å². The van der Waals surface area contributed by atoms with Crippen molar-refractivity contribution in [2.24, 2.45) is 11.1 Å². The number of benzene rings is 2. The molecule has 3 aromatic rings. The van der Waals surface area contributed by atoms with Crippen LogP contribution in [0.3, 0.4) is 0 Å². The Kier molecular flexibility index (Phi) is 4.42. The molecule has 1 aromatic heterocycles. The lowest BCUT2D eigenvalue weighted by atomic mass is 9.57. The van der Waals surface area contributed by atoms with E-state index < -0.39 is 0 Å². The second-order valence-corrected chi connectivity index (χ2v) is 9.13. The molecule has 4 rings (SSSR count). The molecule has 1 fully saturated rings. The molecule has 1 N–H and O–H groups in total. The second kappa shape index (κ2) is 6.52. The summed E-state index contributed by atoms with van der Waals surface area (Å²) in [4.78, 5) is 0. The van der Waals surface area contributed by atoms with Crippen molar-refractivity contribution in [3.8, 4) is 0 Å². The molecule has 1 saturated carbocycles. The van der Waals surface area contributed by atoms with Gasteiger partial charge in [-0.05, 0) is 80.0 Å². The largest absolute Gasteiger partial charge is 0.455 e. The summed E-state index contributed by atoms with van der Waals surface area (Å²) in [6, 6.07) is 12.4. The zero-order valence-corrected chi connectivity index (χ0v) is 17.7. The summed E-state index contributed by atoms with van der Waals surface area (Å²) in [6.07, 6.45) is 1.91. The summed E-state index contributed by atoms with van der Waals surface area (Å²) in [5.74, 6) is 0.860. The normalized spacial score (nSPS) is 22.9. The number of rotatable bonds is 3. The average molecular weight is 426 g/mol. The van der Waals surface area contributed by atoms with E-state index in [2.05, 4.69) is 60.9 Å². The Hall–Kier alpha value is -2.07. The maximum atomic E-state index is 9.70. The molecule has 0 spiro atoms. The molecule has 1 aliphatic rings. The van der Waals surface area contributed by atoms with Gasteiger partial charge in [0.15, 0.2) is 5.76 Å². The first kappa shape index (κ1) is 18.3. The zero-order valence-electron chi connectivity index (χ0n) is 16.1. The number of oxime groups is 1. The molecule has 1 aliphatic carbocycles. The second-order valence-electron chi connectivity index (χ2n) is 8.22. The van der Waals surface area contributed by atoms with Crippen LogP contribution >= 0.6 is 15.9 Å². The third-order valence-corrected chi connectivity index (χ3v) is 6.39. The lowest BCUT2D eigenvalue weighted by molar-refractivity contribution is 0.207. The number of hydrogen-bond donors (Lipinski definition) is 1. The predicted octanol–water partition coefficient (Wildman–Crippen LogP) is 6.67. The Bertz CT molecular complexity index is 1030. The average Bonchev–Trinajstić information content (AvgIpc) is 2.95. The van der Waals surface area contributed by atoms with Gasteiger partial charge in [0.05, 0.1) is 0 Å². The summed E-state index contributed by atoms with van der Waals surface area (Å²) >= 11 is 3.49. The van der Waals surface area contributed by atoms with Gasteiger partial charge in [0.2, 0.25) is 0 Å². The van der Waals surface area contributed by atoms with Gasteiger partial charge in [0.1, 0.15) is 11.3 Å². The van der Waals surface area contributed by atoms with Crippen LogP contribution in [-0.4, -0.2) is 10.9 Å². The maximum absolute atomic E-state index is 9.70. The predicted molar refractivity (Wildman–Crippen MR) is 113 cm³/mol. The molecule has 0 radical (unpaired) electrons. The van der Waals surface area contributed by atoms with Gasteiger partial charge < -0.3 is 9.62 Å². The number of aryl methyl sites for hydroxylation is 3. The van der Waals surface area contributed by atoms with Gasteiger partial charge in [-0.3, -0.25) is 0 Å². The summed E-state index contributed by atoms with van der Waals surface area (Å²) in [5, 5.41) is 14.3. The first-order valence-corrected chi connectivity index (χ1v) is 10.1. The van der Waals surface area contributed by atoms with E-state index in [-0.39, 0.29) is 11.3 Å². The van der Waals surface area contributed by atoms with E-state index in [1.54, 1.807) is 0 Å². The highest BCUT2D eigenvalue weighted by atomic mass is 79.9. The van der Waals surface area contributed by atoms with Crippen LogP contribution in [0.25, 0.3) is 11.0 Å². The van der Waals surface area contributed by atoms with Crippen molar-refractivity contribution in [3.63, 3.8) is 0 Å². The zero-order chi connectivity index (χ0) is 19.3. The molecule has 0 bridgehead atoms. The molecule has 0 atom stereocenters. The molecule has 4 heteroatoms. The van der Waals surface area contributed by atoms with Crippen molar-refractivity contribution in [1.82, 2.24) is 0 Å². The topological polar surface area (TPSA) is 45.7 Å². The highest BCUT2D eigenvalue weighted by Gasteiger charge is 2.46. The van der Waals surface area contributed by atoms with E-state index in [0.717, 1.165) is 28.3 Å². The first-order valence-electron chi connectivity index (χ1n) is 9.30. The first-order chi connectivity index (χ1) is 12.8.